The van der Waals surface area contributed by atoms with E-state index in [-0.39, 0.29) is 6.04 Å². The molecule has 0 aromatic carbocycles. The zero-order valence-corrected chi connectivity index (χ0v) is 7.12. The summed E-state index contributed by atoms with van der Waals surface area (Å²) in [6.07, 6.45) is 1.87. The van der Waals surface area contributed by atoms with Crippen LogP contribution in [0.25, 0.3) is 0 Å². The number of rotatable bonds is 2. The molecule has 4 heteroatoms. The first-order valence-electron chi connectivity index (χ1n) is 3.48. The van der Waals surface area contributed by atoms with Crippen molar-refractivity contribution in [3.63, 3.8) is 0 Å². The third kappa shape index (κ3) is 2.19. The van der Waals surface area contributed by atoms with Crippen LogP contribution in [0.2, 0.25) is 5.15 Å². The molecule has 0 aliphatic carbocycles. The van der Waals surface area contributed by atoms with Gasteiger partial charge in [-0.3, -0.25) is 0 Å². The number of nitrogens with zero attached hydrogens (tertiary/aromatic N) is 2. The second kappa shape index (κ2) is 4.05. The van der Waals surface area contributed by atoms with Crippen LogP contribution in [0.4, 0.5) is 0 Å². The molecule has 0 fully saturated rings. The van der Waals surface area contributed by atoms with Crippen LogP contribution in [0.3, 0.4) is 0 Å². The zero-order valence-electron chi connectivity index (χ0n) is 6.37. The van der Waals surface area contributed by atoms with Crippen molar-refractivity contribution in [3.05, 3.63) is 29.0 Å². The van der Waals surface area contributed by atoms with Crippen molar-refractivity contribution in [1.29, 1.82) is 5.26 Å². The molecule has 0 bridgehead atoms. The Balaban J connectivity index is 2.82. The van der Waals surface area contributed by atoms with Crippen LogP contribution < -0.4 is 5.73 Å². The van der Waals surface area contributed by atoms with Crippen molar-refractivity contribution in [2.45, 2.75) is 12.5 Å². The highest BCUT2D eigenvalue weighted by Gasteiger charge is 2.04. The third-order valence-corrected chi connectivity index (χ3v) is 1.70. The quantitative estimate of drug-likeness (QED) is 0.706. The second-order valence-corrected chi connectivity index (χ2v) is 2.77. The number of hydrogen-bond acceptors (Lipinski definition) is 3. The molecule has 0 unspecified atom stereocenters. The predicted octanol–water partition coefficient (Wildman–Crippen LogP) is 1.65. The molecule has 0 spiro atoms. The van der Waals surface area contributed by atoms with Gasteiger partial charge >= 0.3 is 0 Å². The van der Waals surface area contributed by atoms with Gasteiger partial charge in [-0.15, -0.1) is 0 Å². The largest absolute Gasteiger partial charge is 0.323 e. The van der Waals surface area contributed by atoms with E-state index in [1.165, 1.54) is 0 Å². The number of aromatic nitrogens is 1. The predicted molar refractivity (Wildman–Crippen MR) is 46.4 cm³/mol. The van der Waals surface area contributed by atoms with Gasteiger partial charge in [-0.1, -0.05) is 11.6 Å². The Kier molecular flexibility index (Phi) is 3.03. The minimum Gasteiger partial charge on any atom is -0.323 e. The van der Waals surface area contributed by atoms with Gasteiger partial charge in [0.15, 0.2) is 0 Å². The minimum absolute atomic E-state index is 0.268. The molecule has 2 N–H and O–H groups in total. The van der Waals surface area contributed by atoms with E-state index < -0.39 is 0 Å². The van der Waals surface area contributed by atoms with E-state index in [9.17, 15) is 0 Å². The molecule has 0 saturated carbocycles. The summed E-state index contributed by atoms with van der Waals surface area (Å²) >= 11 is 5.64. The highest BCUT2D eigenvalue weighted by atomic mass is 35.5. The molecule has 1 rings (SSSR count). The lowest BCUT2D eigenvalue weighted by molar-refractivity contribution is 0.747. The fraction of sp³-hybridized carbons (Fsp3) is 0.250. The van der Waals surface area contributed by atoms with Crippen molar-refractivity contribution in [1.82, 2.24) is 4.98 Å². The Labute approximate surface area is 75.8 Å². The van der Waals surface area contributed by atoms with Crippen LogP contribution in [0.1, 0.15) is 18.0 Å². The molecule has 0 aliphatic heterocycles. The van der Waals surface area contributed by atoms with Gasteiger partial charge in [0.2, 0.25) is 0 Å². The van der Waals surface area contributed by atoms with E-state index in [1.54, 1.807) is 18.3 Å². The molecule has 3 nitrogen and oxygen atoms in total. The molecule has 0 radical (unpaired) electrons. The summed E-state index contributed by atoms with van der Waals surface area (Å²) < 4.78 is 0. The molecule has 0 aliphatic rings. The summed E-state index contributed by atoms with van der Waals surface area (Å²) in [7, 11) is 0. The van der Waals surface area contributed by atoms with Crippen molar-refractivity contribution < 1.29 is 0 Å². The van der Waals surface area contributed by atoms with E-state index in [2.05, 4.69) is 4.98 Å². The van der Waals surface area contributed by atoms with E-state index >= 15 is 0 Å². The summed E-state index contributed by atoms with van der Waals surface area (Å²) in [6, 6.07) is 5.16. The van der Waals surface area contributed by atoms with E-state index in [1.807, 2.05) is 6.07 Å². The second-order valence-electron chi connectivity index (χ2n) is 2.38. The first-order chi connectivity index (χ1) is 5.74. The van der Waals surface area contributed by atoms with Crippen molar-refractivity contribution >= 4 is 11.6 Å². The molecule has 62 valence electrons. The van der Waals surface area contributed by atoms with Crippen molar-refractivity contribution in [2.24, 2.45) is 5.73 Å². The highest BCUT2D eigenvalue weighted by Crippen LogP contribution is 2.15. The molecule has 0 saturated heterocycles. The van der Waals surface area contributed by atoms with Gasteiger partial charge in [0.1, 0.15) is 5.15 Å². The first kappa shape index (κ1) is 8.98. The molecule has 1 aromatic heterocycles. The standard InChI is InChI=1S/C8H8ClN3/c9-8-5-6(2-4-12-8)7(11)1-3-10/h2,4-5,7H,1,11H2/t7-/m1/s1. The van der Waals surface area contributed by atoms with Crippen LogP contribution in [0.15, 0.2) is 18.3 Å². The fourth-order valence-corrected chi connectivity index (χ4v) is 1.05. The maximum absolute atomic E-state index is 8.39. The van der Waals surface area contributed by atoms with Gasteiger partial charge in [-0.05, 0) is 17.7 Å². The SMILES string of the molecule is N#CC[C@@H](N)c1ccnc(Cl)c1. The summed E-state index contributed by atoms with van der Waals surface area (Å²) in [5.41, 5.74) is 6.51. The summed E-state index contributed by atoms with van der Waals surface area (Å²) in [5, 5.41) is 8.79. The van der Waals surface area contributed by atoms with Crippen molar-refractivity contribution in [3.8, 4) is 6.07 Å². The lowest BCUT2D eigenvalue weighted by Gasteiger charge is -2.06. The third-order valence-electron chi connectivity index (χ3n) is 1.49. The van der Waals surface area contributed by atoms with Crippen LogP contribution in [-0.2, 0) is 0 Å². The maximum Gasteiger partial charge on any atom is 0.129 e. The minimum atomic E-state index is -0.268. The topological polar surface area (TPSA) is 62.7 Å². The van der Waals surface area contributed by atoms with Crippen LogP contribution in [0.5, 0.6) is 0 Å². The van der Waals surface area contributed by atoms with E-state index in [0.717, 1.165) is 5.56 Å². The number of hydrogen-bond donors (Lipinski definition) is 1. The van der Waals surface area contributed by atoms with Gasteiger partial charge in [0.05, 0.1) is 12.5 Å². The van der Waals surface area contributed by atoms with Gasteiger partial charge < -0.3 is 5.73 Å². The Morgan fingerprint density at radius 2 is 2.50 bits per heavy atom. The van der Waals surface area contributed by atoms with Crippen LogP contribution in [0, 0.1) is 11.3 Å². The van der Waals surface area contributed by atoms with Crippen LogP contribution in [-0.4, -0.2) is 4.98 Å². The van der Waals surface area contributed by atoms with Gasteiger partial charge in [0.25, 0.3) is 0 Å². The Bertz CT molecular complexity index is 305. The highest BCUT2D eigenvalue weighted by molar-refractivity contribution is 6.29. The molecule has 1 aromatic rings. The molecule has 1 atom stereocenters. The lowest BCUT2D eigenvalue weighted by Crippen LogP contribution is -2.09. The molecular weight excluding hydrogens is 174 g/mol. The van der Waals surface area contributed by atoms with Gasteiger partial charge in [-0.2, -0.15) is 5.26 Å². The summed E-state index contributed by atoms with van der Waals surface area (Å²) in [5.74, 6) is 0. The molecular formula is C8H8ClN3. The molecule has 0 amide bonds. The zero-order chi connectivity index (χ0) is 8.97. The lowest BCUT2D eigenvalue weighted by atomic mass is 10.1. The Morgan fingerprint density at radius 1 is 1.75 bits per heavy atom. The Hall–Kier alpha value is -1.11. The van der Waals surface area contributed by atoms with E-state index in [4.69, 9.17) is 22.6 Å². The summed E-state index contributed by atoms with van der Waals surface area (Å²) in [6.45, 7) is 0. The van der Waals surface area contributed by atoms with Gasteiger partial charge in [-0.25, -0.2) is 4.98 Å². The van der Waals surface area contributed by atoms with Gasteiger partial charge in [0, 0.05) is 12.2 Å². The number of pyridine rings is 1. The average Bonchev–Trinajstić information content (AvgIpc) is 2.05. The molecule has 1 heterocycles. The smallest absolute Gasteiger partial charge is 0.129 e. The maximum atomic E-state index is 8.39. The normalized spacial score (nSPS) is 12.1. The average molecular weight is 182 g/mol. The van der Waals surface area contributed by atoms with Crippen molar-refractivity contribution in [2.75, 3.05) is 0 Å². The van der Waals surface area contributed by atoms with E-state index in [0.29, 0.717) is 11.6 Å². The fourth-order valence-electron chi connectivity index (χ4n) is 0.864. The first-order valence-corrected chi connectivity index (χ1v) is 3.86. The summed E-state index contributed by atoms with van der Waals surface area (Å²) in [4.78, 5) is 3.81. The number of nitrogens with two attached hydrogens (primary N) is 1. The Morgan fingerprint density at radius 3 is 3.08 bits per heavy atom. The number of nitriles is 1. The van der Waals surface area contributed by atoms with Crippen LogP contribution >= 0.6 is 11.6 Å². The monoisotopic (exact) mass is 181 g/mol. The molecule has 12 heavy (non-hydrogen) atoms. The number of halogens is 1.